The summed E-state index contributed by atoms with van der Waals surface area (Å²) in [6, 6.07) is 7.58. The highest BCUT2D eigenvalue weighted by Gasteiger charge is 2.45. The van der Waals surface area contributed by atoms with Crippen molar-refractivity contribution in [2.45, 2.75) is 38.0 Å². The third-order valence-electron chi connectivity index (χ3n) is 4.90. The van der Waals surface area contributed by atoms with Crippen molar-refractivity contribution in [3.8, 4) is 0 Å². The maximum absolute atomic E-state index is 12.5. The smallest absolute Gasteiger partial charge is 0.305 e. The van der Waals surface area contributed by atoms with Crippen LogP contribution < -0.4 is 0 Å². The van der Waals surface area contributed by atoms with Crippen LogP contribution in [-0.4, -0.2) is 29.0 Å². The van der Waals surface area contributed by atoms with E-state index < -0.39 is 5.41 Å². The summed E-state index contributed by atoms with van der Waals surface area (Å²) in [5.74, 6) is -0.306. The van der Waals surface area contributed by atoms with E-state index in [1.807, 2.05) is 34.9 Å². The number of carbonyl (C=O) groups is 3. The number of nitrogens with zero attached hydrogens (tertiary/aromatic N) is 1. The lowest BCUT2D eigenvalue weighted by molar-refractivity contribution is -0.141. The number of ether oxygens (including phenoxy) is 1. The fourth-order valence-corrected chi connectivity index (χ4v) is 3.57. The Hall–Kier alpha value is -2.43. The highest BCUT2D eigenvalue weighted by molar-refractivity contribution is 6.03. The summed E-state index contributed by atoms with van der Waals surface area (Å²) in [7, 11) is 1.34. The summed E-state index contributed by atoms with van der Waals surface area (Å²) in [5.41, 5.74) is 1.42. The fourth-order valence-electron chi connectivity index (χ4n) is 3.57. The number of Topliss-reactive ketones (excluding diaryl/α,β-unsaturated/α-hetero) is 2. The normalized spacial score (nSPS) is 20.3. The van der Waals surface area contributed by atoms with Crippen LogP contribution >= 0.6 is 0 Å². The third-order valence-corrected chi connectivity index (χ3v) is 4.90. The molecule has 0 unspecified atom stereocenters. The number of hydrogen-bond acceptors (Lipinski definition) is 4. The van der Waals surface area contributed by atoms with Gasteiger partial charge in [0.15, 0.2) is 5.78 Å². The van der Waals surface area contributed by atoms with Crippen molar-refractivity contribution in [2.24, 2.45) is 0 Å². The Morgan fingerprint density at radius 2 is 2.13 bits per heavy atom. The van der Waals surface area contributed by atoms with Crippen molar-refractivity contribution in [3.63, 3.8) is 0 Å². The first-order chi connectivity index (χ1) is 11.0. The molecule has 1 aliphatic carbocycles. The maximum atomic E-state index is 12.5. The minimum Gasteiger partial charge on any atom is -0.469 e. The van der Waals surface area contributed by atoms with Crippen LogP contribution in [0.15, 0.2) is 30.5 Å². The van der Waals surface area contributed by atoms with Crippen molar-refractivity contribution in [1.29, 1.82) is 0 Å². The van der Waals surface area contributed by atoms with Gasteiger partial charge in [0.1, 0.15) is 5.78 Å². The average Bonchev–Trinajstić information content (AvgIpc) is 2.94. The van der Waals surface area contributed by atoms with Crippen LogP contribution in [-0.2, 0) is 19.7 Å². The molecule has 0 aliphatic heterocycles. The predicted octanol–water partition coefficient (Wildman–Crippen LogP) is 2.70. The average molecular weight is 313 g/mol. The second-order valence-corrected chi connectivity index (χ2v) is 6.04. The third kappa shape index (κ3) is 2.36. The Bertz CT molecular complexity index is 804. The minimum absolute atomic E-state index is 0.00828. The summed E-state index contributed by atoms with van der Waals surface area (Å²) in [4.78, 5) is 36.5. The molecule has 120 valence electrons. The van der Waals surface area contributed by atoms with Crippen LogP contribution in [0.5, 0.6) is 0 Å². The maximum Gasteiger partial charge on any atom is 0.305 e. The molecular formula is C18H19NO4. The van der Waals surface area contributed by atoms with Gasteiger partial charge in [0.25, 0.3) is 0 Å². The van der Waals surface area contributed by atoms with Crippen molar-refractivity contribution in [2.75, 3.05) is 7.11 Å². The van der Waals surface area contributed by atoms with E-state index >= 15 is 0 Å². The van der Waals surface area contributed by atoms with Crippen LogP contribution in [0.25, 0.3) is 5.52 Å². The number of fused-ring (bicyclic) bond motifs is 3. The molecule has 0 N–H and O–H groups in total. The molecule has 23 heavy (non-hydrogen) atoms. The Morgan fingerprint density at radius 3 is 2.83 bits per heavy atom. The topological polar surface area (TPSA) is 64.9 Å². The van der Waals surface area contributed by atoms with Crippen LogP contribution in [0.3, 0.4) is 0 Å². The minimum atomic E-state index is -0.788. The molecule has 0 amide bonds. The van der Waals surface area contributed by atoms with E-state index in [9.17, 15) is 14.4 Å². The zero-order chi connectivity index (χ0) is 16.6. The molecule has 0 radical (unpaired) electrons. The monoisotopic (exact) mass is 313 g/mol. The largest absolute Gasteiger partial charge is 0.469 e. The van der Waals surface area contributed by atoms with Gasteiger partial charge in [-0.2, -0.15) is 0 Å². The van der Waals surface area contributed by atoms with Gasteiger partial charge in [-0.15, -0.1) is 0 Å². The standard InChI is InChI=1S/C18H19NO4/c1-12(20)18(9-7-16(22)23-2)8-6-15(21)17-14(18)11-13-5-3-4-10-19(13)17/h3-5,10-11H,6-9H2,1-2H3/t18-/m0/s1. The first-order valence-electron chi connectivity index (χ1n) is 7.71. The molecule has 5 heteroatoms. The van der Waals surface area contributed by atoms with Gasteiger partial charge < -0.3 is 9.14 Å². The molecule has 0 saturated heterocycles. The molecule has 0 fully saturated rings. The quantitative estimate of drug-likeness (QED) is 0.814. The molecule has 1 atom stereocenters. The van der Waals surface area contributed by atoms with Gasteiger partial charge in [0.2, 0.25) is 0 Å². The summed E-state index contributed by atoms with van der Waals surface area (Å²) < 4.78 is 6.55. The summed E-state index contributed by atoms with van der Waals surface area (Å²) in [6.45, 7) is 1.54. The van der Waals surface area contributed by atoms with Gasteiger partial charge in [-0.1, -0.05) is 6.07 Å². The molecule has 0 spiro atoms. The predicted molar refractivity (Wildman–Crippen MR) is 84.6 cm³/mol. The van der Waals surface area contributed by atoms with E-state index in [1.165, 1.54) is 7.11 Å². The molecule has 2 aromatic rings. The van der Waals surface area contributed by atoms with E-state index in [0.717, 1.165) is 11.1 Å². The van der Waals surface area contributed by atoms with Crippen molar-refractivity contribution >= 4 is 23.1 Å². The number of aromatic nitrogens is 1. The lowest BCUT2D eigenvalue weighted by Crippen LogP contribution is -2.39. The molecule has 3 rings (SSSR count). The van der Waals surface area contributed by atoms with Gasteiger partial charge in [0.05, 0.1) is 18.2 Å². The first kappa shape index (κ1) is 15.5. The van der Waals surface area contributed by atoms with E-state index in [1.54, 1.807) is 6.92 Å². The van der Waals surface area contributed by atoms with Crippen molar-refractivity contribution in [3.05, 3.63) is 41.7 Å². The zero-order valence-electron chi connectivity index (χ0n) is 13.3. The molecule has 0 bridgehead atoms. The summed E-state index contributed by atoms with van der Waals surface area (Å²) in [6.07, 6.45) is 3.13. The number of methoxy groups -OCH3 is 1. The second-order valence-electron chi connectivity index (χ2n) is 6.04. The van der Waals surface area contributed by atoms with Gasteiger partial charge in [0, 0.05) is 24.6 Å². The molecule has 2 aromatic heterocycles. The molecule has 5 nitrogen and oxygen atoms in total. The highest BCUT2D eigenvalue weighted by atomic mass is 16.5. The first-order valence-corrected chi connectivity index (χ1v) is 7.71. The SMILES string of the molecule is COC(=O)CC[C@]1(C(C)=O)CCC(=O)c2c1cc1ccccn21. The Balaban J connectivity index is 2.16. The highest BCUT2D eigenvalue weighted by Crippen LogP contribution is 2.43. The molecule has 0 saturated carbocycles. The van der Waals surface area contributed by atoms with Crippen LogP contribution in [0.1, 0.15) is 48.7 Å². The zero-order valence-corrected chi connectivity index (χ0v) is 13.3. The number of esters is 1. The Morgan fingerprint density at radius 1 is 1.35 bits per heavy atom. The number of carbonyl (C=O) groups excluding carboxylic acids is 3. The van der Waals surface area contributed by atoms with Gasteiger partial charge >= 0.3 is 5.97 Å². The number of pyridine rings is 1. The second kappa shape index (κ2) is 5.65. The Kier molecular flexibility index (Phi) is 3.80. The number of hydrogen-bond donors (Lipinski definition) is 0. The van der Waals surface area contributed by atoms with Crippen LogP contribution in [0.4, 0.5) is 0 Å². The van der Waals surface area contributed by atoms with Crippen LogP contribution in [0.2, 0.25) is 0 Å². The van der Waals surface area contributed by atoms with Crippen molar-refractivity contribution < 1.29 is 19.1 Å². The number of rotatable bonds is 4. The Labute approximate surface area is 134 Å². The van der Waals surface area contributed by atoms with Gasteiger partial charge in [-0.25, -0.2) is 0 Å². The number of ketones is 2. The molecule has 0 aromatic carbocycles. The lowest BCUT2D eigenvalue weighted by Gasteiger charge is -2.34. The van der Waals surface area contributed by atoms with E-state index in [0.29, 0.717) is 25.0 Å². The van der Waals surface area contributed by atoms with Gasteiger partial charge in [-0.05, 0) is 43.5 Å². The van der Waals surface area contributed by atoms with Crippen LogP contribution in [0, 0.1) is 0 Å². The fraction of sp³-hybridized carbons (Fsp3) is 0.389. The van der Waals surface area contributed by atoms with E-state index in [4.69, 9.17) is 4.74 Å². The van der Waals surface area contributed by atoms with Gasteiger partial charge in [-0.3, -0.25) is 14.4 Å². The lowest BCUT2D eigenvalue weighted by atomic mass is 9.66. The van der Waals surface area contributed by atoms with E-state index in [2.05, 4.69) is 0 Å². The van der Waals surface area contributed by atoms with E-state index in [-0.39, 0.29) is 24.0 Å². The molecule has 1 aliphatic rings. The molecular weight excluding hydrogens is 294 g/mol. The summed E-state index contributed by atoms with van der Waals surface area (Å²) in [5, 5.41) is 0. The van der Waals surface area contributed by atoms with Crippen molar-refractivity contribution in [1.82, 2.24) is 4.40 Å². The molecule has 2 heterocycles. The summed E-state index contributed by atoms with van der Waals surface area (Å²) >= 11 is 0.